The first-order valence-electron chi connectivity index (χ1n) is 10.1. The second-order valence-corrected chi connectivity index (χ2v) is 9.44. The molecule has 3 aliphatic rings. The van der Waals surface area contributed by atoms with Gasteiger partial charge < -0.3 is 14.2 Å². The van der Waals surface area contributed by atoms with E-state index >= 15 is 0 Å². The number of hydrogen-bond acceptors (Lipinski definition) is 6. The first kappa shape index (κ1) is 19.1. The molecule has 0 N–H and O–H groups in total. The van der Waals surface area contributed by atoms with Gasteiger partial charge in [-0.15, -0.1) is 11.8 Å². The fourth-order valence-corrected chi connectivity index (χ4v) is 5.08. The molecule has 0 saturated heterocycles. The van der Waals surface area contributed by atoms with Gasteiger partial charge in [0.2, 0.25) is 13.0 Å². The van der Waals surface area contributed by atoms with Crippen molar-refractivity contribution < 1.29 is 14.2 Å². The molecule has 0 aliphatic carbocycles. The highest BCUT2D eigenvalue weighted by Gasteiger charge is 2.41. The third-order valence-electron chi connectivity index (χ3n) is 5.86. The topological polar surface area (TPSA) is 43.3 Å². The maximum Gasteiger partial charge on any atom is 0.231 e. The van der Waals surface area contributed by atoms with Gasteiger partial charge in [0.05, 0.1) is 11.8 Å². The molecule has 7 heteroatoms. The van der Waals surface area contributed by atoms with Gasteiger partial charge in [-0.3, -0.25) is 0 Å². The summed E-state index contributed by atoms with van der Waals surface area (Å²) >= 11 is 5.34. The van der Waals surface area contributed by atoms with Crippen LogP contribution in [0, 0.1) is 0 Å². The molecule has 3 aromatic rings. The largest absolute Gasteiger partial charge is 0.464 e. The first-order chi connectivity index (χ1) is 15.2. The zero-order chi connectivity index (χ0) is 20.9. The van der Waals surface area contributed by atoms with Crippen molar-refractivity contribution in [2.45, 2.75) is 23.6 Å². The molecule has 5 nitrogen and oxygen atoms in total. The Kier molecular flexibility index (Phi) is 4.61. The molecule has 31 heavy (non-hydrogen) atoms. The molecular weight excluding hydrogens is 476 g/mol. The summed E-state index contributed by atoms with van der Waals surface area (Å²) < 4.78 is 18.5. The van der Waals surface area contributed by atoms with Crippen LogP contribution in [0.15, 0.2) is 75.1 Å². The van der Waals surface area contributed by atoms with Crippen LogP contribution in [0.3, 0.4) is 0 Å². The van der Waals surface area contributed by atoms with Crippen molar-refractivity contribution in [1.82, 2.24) is 5.01 Å². The third-order valence-corrected chi connectivity index (χ3v) is 7.10. The smallest absolute Gasteiger partial charge is 0.231 e. The molecule has 3 heterocycles. The van der Waals surface area contributed by atoms with Gasteiger partial charge in [-0.2, -0.15) is 5.10 Å². The van der Waals surface area contributed by atoms with Crippen LogP contribution in [0.2, 0.25) is 0 Å². The number of rotatable bonds is 3. The van der Waals surface area contributed by atoms with Crippen LogP contribution in [0.5, 0.6) is 17.2 Å². The molecule has 0 aromatic heterocycles. The van der Waals surface area contributed by atoms with E-state index in [0.29, 0.717) is 0 Å². The molecule has 3 aromatic carbocycles. The summed E-state index contributed by atoms with van der Waals surface area (Å²) in [5, 5.41) is 7.14. The Labute approximate surface area is 193 Å². The Morgan fingerprint density at radius 1 is 0.968 bits per heavy atom. The fourth-order valence-electron chi connectivity index (χ4n) is 4.30. The number of thioether (sulfide) groups is 1. The van der Waals surface area contributed by atoms with Gasteiger partial charge in [0.25, 0.3) is 0 Å². The quantitative estimate of drug-likeness (QED) is 0.409. The molecule has 0 radical (unpaired) electrons. The summed E-state index contributed by atoms with van der Waals surface area (Å²) in [7, 11) is 0. The predicted octanol–water partition coefficient (Wildman–Crippen LogP) is 6.14. The highest BCUT2D eigenvalue weighted by molar-refractivity contribution is 9.10. The minimum Gasteiger partial charge on any atom is -0.464 e. The van der Waals surface area contributed by atoms with Crippen LogP contribution in [-0.2, 0) is 0 Å². The summed E-state index contributed by atoms with van der Waals surface area (Å²) in [6, 6.07) is 20.9. The maximum absolute atomic E-state index is 6.47. The van der Waals surface area contributed by atoms with Gasteiger partial charge >= 0.3 is 0 Å². The number of hydrazone groups is 1. The lowest BCUT2D eigenvalue weighted by atomic mass is 9.96. The van der Waals surface area contributed by atoms with Crippen LogP contribution in [0.1, 0.15) is 35.4 Å². The maximum atomic E-state index is 6.47. The van der Waals surface area contributed by atoms with Gasteiger partial charge in [-0.05, 0) is 54.8 Å². The van der Waals surface area contributed by atoms with E-state index in [9.17, 15) is 0 Å². The van der Waals surface area contributed by atoms with Crippen LogP contribution in [0.25, 0.3) is 0 Å². The summed E-state index contributed by atoms with van der Waals surface area (Å²) in [6.07, 6.45) is 2.60. The van der Waals surface area contributed by atoms with Gasteiger partial charge in [-0.1, -0.05) is 28.1 Å². The van der Waals surface area contributed by atoms with Crippen LogP contribution in [-0.4, -0.2) is 23.8 Å². The number of ether oxygens (including phenoxy) is 3. The highest BCUT2D eigenvalue weighted by atomic mass is 79.9. The molecular formula is C24H19BrN2O3S. The lowest BCUT2D eigenvalue weighted by Gasteiger charge is -2.38. The number of benzene rings is 3. The minimum absolute atomic E-state index is 0.104. The Morgan fingerprint density at radius 3 is 2.61 bits per heavy atom. The Hall–Kier alpha value is -2.64. The molecule has 0 fully saturated rings. The number of halogens is 1. The molecule has 156 valence electrons. The van der Waals surface area contributed by atoms with Gasteiger partial charge in [-0.25, -0.2) is 5.01 Å². The van der Waals surface area contributed by atoms with Crippen LogP contribution < -0.4 is 14.2 Å². The zero-order valence-corrected chi connectivity index (χ0v) is 19.2. The Balaban J connectivity index is 1.42. The van der Waals surface area contributed by atoms with E-state index in [0.717, 1.165) is 50.5 Å². The van der Waals surface area contributed by atoms with E-state index in [4.69, 9.17) is 19.3 Å². The number of nitrogens with zero attached hydrogens (tertiary/aromatic N) is 2. The highest BCUT2D eigenvalue weighted by Crippen LogP contribution is 2.48. The first-order valence-corrected chi connectivity index (χ1v) is 12.1. The number of fused-ring (bicyclic) bond motifs is 4. The lowest BCUT2D eigenvalue weighted by molar-refractivity contribution is -0.0191. The third kappa shape index (κ3) is 3.27. The average Bonchev–Trinajstić information content (AvgIpc) is 3.45. The van der Waals surface area contributed by atoms with Crippen molar-refractivity contribution in [1.29, 1.82) is 0 Å². The monoisotopic (exact) mass is 494 g/mol. The molecule has 0 bridgehead atoms. The SMILES string of the molecule is CSc1ccc(C2Oc3ccc(Br)cc3C3CC(c4ccc5c(c4)OCO5)=NN32)cc1. The normalized spacial score (nSPS) is 20.7. The molecule has 2 unspecified atom stereocenters. The second-order valence-electron chi connectivity index (χ2n) is 7.64. The lowest BCUT2D eigenvalue weighted by Crippen LogP contribution is -2.33. The Morgan fingerprint density at radius 2 is 1.77 bits per heavy atom. The van der Waals surface area contributed by atoms with E-state index in [1.807, 2.05) is 24.3 Å². The van der Waals surface area contributed by atoms with E-state index in [1.165, 1.54) is 4.90 Å². The van der Waals surface area contributed by atoms with E-state index in [-0.39, 0.29) is 19.1 Å². The van der Waals surface area contributed by atoms with Crippen molar-refractivity contribution >= 4 is 33.4 Å². The van der Waals surface area contributed by atoms with Crippen molar-refractivity contribution in [2.24, 2.45) is 5.10 Å². The average molecular weight is 495 g/mol. The van der Waals surface area contributed by atoms with Crippen molar-refractivity contribution in [3.63, 3.8) is 0 Å². The van der Waals surface area contributed by atoms with Crippen molar-refractivity contribution in [2.75, 3.05) is 13.0 Å². The summed E-state index contributed by atoms with van der Waals surface area (Å²) in [6.45, 7) is 0.267. The number of hydrogen-bond donors (Lipinski definition) is 0. The van der Waals surface area contributed by atoms with Crippen molar-refractivity contribution in [3.8, 4) is 17.2 Å². The minimum atomic E-state index is -0.277. The standard InChI is InChI=1S/C24H19BrN2O3S/c1-31-17-6-2-14(3-7-17)24-27-20(18-11-16(25)5-9-21(18)30-24)12-19(26-27)15-4-8-22-23(10-15)29-13-28-22/h2-11,20,24H,12-13H2,1H3. The summed E-state index contributed by atoms with van der Waals surface area (Å²) in [5.41, 5.74) is 4.30. The Bertz CT molecular complexity index is 1200. The van der Waals surface area contributed by atoms with Gasteiger partial charge in [0, 0.05) is 32.5 Å². The molecule has 0 spiro atoms. The second kappa shape index (κ2) is 7.50. The summed E-state index contributed by atoms with van der Waals surface area (Å²) in [4.78, 5) is 1.23. The molecule has 2 atom stereocenters. The molecule has 3 aliphatic heterocycles. The van der Waals surface area contributed by atoms with Crippen LogP contribution in [0.4, 0.5) is 0 Å². The van der Waals surface area contributed by atoms with Gasteiger partial charge in [0.15, 0.2) is 11.5 Å². The van der Waals surface area contributed by atoms with Gasteiger partial charge in [0.1, 0.15) is 5.75 Å². The fraction of sp³-hybridized carbons (Fsp3) is 0.208. The molecule has 0 amide bonds. The van der Waals surface area contributed by atoms with E-state index < -0.39 is 0 Å². The van der Waals surface area contributed by atoms with Crippen molar-refractivity contribution in [3.05, 3.63) is 81.8 Å². The summed E-state index contributed by atoms with van der Waals surface area (Å²) in [5.74, 6) is 2.46. The van der Waals surface area contributed by atoms with Crippen LogP contribution >= 0.6 is 27.7 Å². The molecule has 6 rings (SSSR count). The zero-order valence-electron chi connectivity index (χ0n) is 16.7. The van der Waals surface area contributed by atoms with E-state index in [1.54, 1.807) is 11.8 Å². The predicted molar refractivity (Wildman–Crippen MR) is 124 cm³/mol. The van der Waals surface area contributed by atoms with E-state index in [2.05, 4.69) is 63.6 Å². The molecule has 0 saturated carbocycles.